The van der Waals surface area contributed by atoms with Crippen molar-refractivity contribution in [2.45, 2.75) is 25.8 Å². The molecule has 0 saturated carbocycles. The van der Waals surface area contributed by atoms with Crippen molar-refractivity contribution in [3.8, 4) is 0 Å². The first kappa shape index (κ1) is 13.1. The first-order chi connectivity index (χ1) is 8.78. The molecule has 1 saturated heterocycles. The van der Waals surface area contributed by atoms with Crippen molar-refractivity contribution in [3.05, 3.63) is 35.9 Å². The molecule has 0 amide bonds. The molecule has 3 heteroatoms. The number of likely N-dealkylation sites (tertiary alicyclic amines) is 1. The third-order valence-corrected chi connectivity index (χ3v) is 3.68. The maximum Gasteiger partial charge on any atom is 0.180 e. The van der Waals surface area contributed by atoms with E-state index in [0.717, 1.165) is 26.1 Å². The lowest BCUT2D eigenvalue weighted by Crippen LogP contribution is -2.33. The van der Waals surface area contributed by atoms with Gasteiger partial charge in [0.15, 0.2) is 5.90 Å². The summed E-state index contributed by atoms with van der Waals surface area (Å²) in [5.74, 6) is 1.06. The van der Waals surface area contributed by atoms with Gasteiger partial charge >= 0.3 is 0 Å². The van der Waals surface area contributed by atoms with Gasteiger partial charge in [-0.2, -0.15) is 0 Å². The number of piperidine rings is 1. The Bertz CT molecular complexity index is 369. The zero-order chi connectivity index (χ0) is 12.8. The quantitative estimate of drug-likeness (QED) is 0.655. The lowest BCUT2D eigenvalue weighted by atomic mass is 9.93. The predicted octanol–water partition coefficient (Wildman–Crippen LogP) is 2.91. The summed E-state index contributed by atoms with van der Waals surface area (Å²) >= 11 is 0. The molecule has 0 aliphatic carbocycles. The van der Waals surface area contributed by atoms with E-state index in [1.165, 1.54) is 18.4 Å². The second-order valence-electron chi connectivity index (χ2n) is 5.04. The number of methoxy groups -OCH3 is 1. The molecule has 1 aliphatic rings. The number of benzene rings is 1. The molecule has 1 aliphatic heterocycles. The van der Waals surface area contributed by atoms with Gasteiger partial charge in [0.1, 0.15) is 0 Å². The molecule has 1 heterocycles. The van der Waals surface area contributed by atoms with Crippen LogP contribution in [0.25, 0.3) is 0 Å². The molecule has 0 unspecified atom stereocenters. The van der Waals surface area contributed by atoms with E-state index in [9.17, 15) is 0 Å². The van der Waals surface area contributed by atoms with E-state index in [4.69, 9.17) is 10.1 Å². The van der Waals surface area contributed by atoms with Crippen LogP contribution in [-0.4, -0.2) is 31.0 Å². The van der Waals surface area contributed by atoms with Crippen molar-refractivity contribution >= 4 is 5.90 Å². The van der Waals surface area contributed by atoms with Crippen LogP contribution in [0.3, 0.4) is 0 Å². The molecule has 0 aromatic heterocycles. The van der Waals surface area contributed by atoms with E-state index < -0.39 is 0 Å². The maximum atomic E-state index is 7.57. The molecule has 18 heavy (non-hydrogen) atoms. The normalized spacial score (nSPS) is 17.6. The van der Waals surface area contributed by atoms with Crippen molar-refractivity contribution in [1.82, 2.24) is 4.90 Å². The number of nitrogens with zero attached hydrogens (tertiary/aromatic N) is 1. The topological polar surface area (TPSA) is 36.3 Å². The minimum Gasteiger partial charge on any atom is -0.484 e. The Morgan fingerprint density at radius 3 is 2.56 bits per heavy atom. The Morgan fingerprint density at radius 2 is 1.94 bits per heavy atom. The highest BCUT2D eigenvalue weighted by molar-refractivity contribution is 5.72. The fourth-order valence-corrected chi connectivity index (χ4v) is 2.54. The molecule has 1 N–H and O–H groups in total. The fraction of sp³-hybridized carbons (Fsp3) is 0.533. The Kier molecular flexibility index (Phi) is 4.76. The minimum atomic E-state index is 0.427. The van der Waals surface area contributed by atoms with Gasteiger partial charge in [0.05, 0.1) is 7.11 Å². The van der Waals surface area contributed by atoms with E-state index in [1.54, 1.807) is 7.11 Å². The van der Waals surface area contributed by atoms with E-state index >= 15 is 0 Å². The summed E-state index contributed by atoms with van der Waals surface area (Å²) in [7, 11) is 1.59. The lowest BCUT2D eigenvalue weighted by Gasteiger charge is -2.31. The van der Waals surface area contributed by atoms with Gasteiger partial charge in [0.25, 0.3) is 0 Å². The van der Waals surface area contributed by atoms with Crippen LogP contribution in [0.2, 0.25) is 0 Å². The van der Waals surface area contributed by atoms with E-state index in [0.29, 0.717) is 11.8 Å². The largest absolute Gasteiger partial charge is 0.484 e. The molecule has 0 radical (unpaired) electrons. The molecule has 1 fully saturated rings. The molecule has 0 spiro atoms. The molecule has 1 aromatic carbocycles. The number of hydrogen-bond donors (Lipinski definition) is 1. The van der Waals surface area contributed by atoms with Crippen molar-refractivity contribution in [2.75, 3.05) is 20.2 Å². The van der Waals surface area contributed by atoms with Gasteiger partial charge < -0.3 is 4.74 Å². The van der Waals surface area contributed by atoms with E-state index in [1.807, 2.05) is 0 Å². The lowest BCUT2D eigenvalue weighted by molar-refractivity contribution is 0.176. The first-order valence-corrected chi connectivity index (χ1v) is 6.65. The van der Waals surface area contributed by atoms with Crippen molar-refractivity contribution < 1.29 is 4.74 Å². The van der Waals surface area contributed by atoms with Gasteiger partial charge in [-0.25, -0.2) is 0 Å². The van der Waals surface area contributed by atoms with Gasteiger partial charge in [-0.1, -0.05) is 30.3 Å². The zero-order valence-corrected chi connectivity index (χ0v) is 11.1. The van der Waals surface area contributed by atoms with Crippen LogP contribution in [0, 0.1) is 11.3 Å². The summed E-state index contributed by atoms with van der Waals surface area (Å²) in [6, 6.07) is 10.6. The first-order valence-electron chi connectivity index (χ1n) is 6.65. The number of rotatable bonds is 4. The second-order valence-corrected chi connectivity index (χ2v) is 5.04. The van der Waals surface area contributed by atoms with Crippen molar-refractivity contribution in [1.29, 1.82) is 5.41 Å². The Morgan fingerprint density at radius 1 is 1.28 bits per heavy atom. The highest BCUT2D eigenvalue weighted by Gasteiger charge is 2.20. The third kappa shape index (κ3) is 3.84. The summed E-state index contributed by atoms with van der Waals surface area (Å²) in [6.07, 6.45) is 3.16. The van der Waals surface area contributed by atoms with Gasteiger partial charge in [0.2, 0.25) is 0 Å². The highest BCUT2D eigenvalue weighted by Crippen LogP contribution is 2.22. The standard InChI is InChI=1S/C15H22N2O/c1-18-15(16)11-13-7-9-17(10-8-13)12-14-5-3-2-4-6-14/h2-6,13,16H,7-12H2,1H3. The molecule has 0 atom stereocenters. The average Bonchev–Trinajstić information content (AvgIpc) is 2.42. The minimum absolute atomic E-state index is 0.427. The Hall–Kier alpha value is -1.35. The fourth-order valence-electron chi connectivity index (χ4n) is 2.54. The molecule has 98 valence electrons. The van der Waals surface area contributed by atoms with Gasteiger partial charge in [-0.05, 0) is 37.4 Å². The smallest absolute Gasteiger partial charge is 0.180 e. The predicted molar refractivity (Wildman–Crippen MR) is 73.8 cm³/mol. The third-order valence-electron chi connectivity index (χ3n) is 3.68. The molecule has 2 rings (SSSR count). The Balaban J connectivity index is 1.75. The number of ether oxygens (including phenoxy) is 1. The van der Waals surface area contributed by atoms with Crippen LogP contribution in [0.15, 0.2) is 30.3 Å². The summed E-state index contributed by atoms with van der Waals surface area (Å²) in [5.41, 5.74) is 1.39. The molecule has 1 aromatic rings. The Labute approximate surface area is 109 Å². The van der Waals surface area contributed by atoms with Crippen molar-refractivity contribution in [2.24, 2.45) is 5.92 Å². The van der Waals surface area contributed by atoms with Crippen LogP contribution in [-0.2, 0) is 11.3 Å². The SMILES string of the molecule is COC(=N)CC1CCN(Cc2ccccc2)CC1. The maximum absolute atomic E-state index is 7.57. The van der Waals surface area contributed by atoms with Crippen LogP contribution in [0.1, 0.15) is 24.8 Å². The number of nitrogens with one attached hydrogen (secondary N) is 1. The van der Waals surface area contributed by atoms with E-state index in [-0.39, 0.29) is 0 Å². The van der Waals surface area contributed by atoms with Crippen LogP contribution < -0.4 is 0 Å². The van der Waals surface area contributed by atoms with E-state index in [2.05, 4.69) is 35.2 Å². The monoisotopic (exact) mass is 246 g/mol. The zero-order valence-electron chi connectivity index (χ0n) is 11.1. The van der Waals surface area contributed by atoms with Gasteiger partial charge in [-0.3, -0.25) is 10.3 Å². The number of hydrogen-bond acceptors (Lipinski definition) is 3. The molecule has 0 bridgehead atoms. The molecule has 3 nitrogen and oxygen atoms in total. The summed E-state index contributed by atoms with van der Waals surface area (Å²) < 4.78 is 4.95. The summed E-state index contributed by atoms with van der Waals surface area (Å²) in [5, 5.41) is 7.57. The van der Waals surface area contributed by atoms with Crippen LogP contribution in [0.5, 0.6) is 0 Å². The summed E-state index contributed by atoms with van der Waals surface area (Å²) in [4.78, 5) is 2.50. The van der Waals surface area contributed by atoms with Crippen molar-refractivity contribution in [3.63, 3.8) is 0 Å². The molecular weight excluding hydrogens is 224 g/mol. The second kappa shape index (κ2) is 6.55. The highest BCUT2D eigenvalue weighted by atomic mass is 16.5. The van der Waals surface area contributed by atoms with Crippen LogP contribution >= 0.6 is 0 Å². The van der Waals surface area contributed by atoms with Gasteiger partial charge in [0, 0.05) is 13.0 Å². The average molecular weight is 246 g/mol. The van der Waals surface area contributed by atoms with Gasteiger partial charge in [-0.15, -0.1) is 0 Å². The molecular formula is C15H22N2O. The summed E-state index contributed by atoms with van der Waals surface area (Å²) in [6.45, 7) is 3.32. The van der Waals surface area contributed by atoms with Crippen LogP contribution in [0.4, 0.5) is 0 Å².